The monoisotopic (exact) mass is 434 g/mol. The molecule has 3 heterocycles. The molecule has 5 heteroatoms. The highest BCUT2D eigenvalue weighted by Gasteiger charge is 2.40. The molecule has 5 nitrogen and oxygen atoms in total. The summed E-state index contributed by atoms with van der Waals surface area (Å²) in [4.78, 5) is 19.1. The predicted octanol–water partition coefficient (Wildman–Crippen LogP) is 6.18. The molecule has 1 amide bonds. The van der Waals surface area contributed by atoms with Gasteiger partial charge in [-0.15, -0.1) is 0 Å². The van der Waals surface area contributed by atoms with Gasteiger partial charge in [0.25, 0.3) is 5.91 Å². The van der Waals surface area contributed by atoms with E-state index in [1.807, 2.05) is 65.6 Å². The quantitative estimate of drug-likeness (QED) is 0.359. The second-order valence-electron chi connectivity index (χ2n) is 8.19. The molecule has 0 saturated carbocycles. The van der Waals surface area contributed by atoms with Crippen molar-refractivity contribution < 1.29 is 13.9 Å². The number of para-hydroxylation sites is 1. The maximum Gasteiger partial charge on any atom is 0.255 e. The number of hydrogen-bond acceptors (Lipinski definition) is 3. The number of hydrogen-bond donors (Lipinski definition) is 1. The molecule has 1 atom stereocenters. The molecule has 1 aliphatic heterocycles. The lowest BCUT2D eigenvalue weighted by atomic mass is 9.93. The Morgan fingerprint density at radius 2 is 1.82 bits per heavy atom. The minimum Gasteiger partial charge on any atom is -0.497 e. The summed E-state index contributed by atoms with van der Waals surface area (Å²) in [5, 5.41) is 1.09. The summed E-state index contributed by atoms with van der Waals surface area (Å²) >= 11 is 0. The Labute approximate surface area is 191 Å². The third kappa shape index (κ3) is 3.12. The van der Waals surface area contributed by atoms with Gasteiger partial charge in [-0.05, 0) is 42.0 Å². The molecule has 162 valence electrons. The van der Waals surface area contributed by atoms with Gasteiger partial charge in [0, 0.05) is 27.6 Å². The predicted molar refractivity (Wildman–Crippen MR) is 127 cm³/mol. The zero-order valence-electron chi connectivity index (χ0n) is 18.1. The average molecular weight is 434 g/mol. The maximum atomic E-state index is 13.6. The van der Waals surface area contributed by atoms with E-state index < -0.39 is 0 Å². The van der Waals surface area contributed by atoms with E-state index in [4.69, 9.17) is 9.15 Å². The summed E-state index contributed by atoms with van der Waals surface area (Å²) in [6.07, 6.45) is 1.64. The first kappa shape index (κ1) is 19.4. The van der Waals surface area contributed by atoms with E-state index in [1.165, 1.54) is 0 Å². The summed E-state index contributed by atoms with van der Waals surface area (Å²) in [6, 6.07) is 27.6. The van der Waals surface area contributed by atoms with Gasteiger partial charge in [-0.25, -0.2) is 0 Å². The number of rotatable bonds is 5. The van der Waals surface area contributed by atoms with Crippen LogP contribution in [-0.2, 0) is 6.54 Å². The van der Waals surface area contributed by atoms with E-state index in [1.54, 1.807) is 13.4 Å². The Morgan fingerprint density at radius 3 is 2.67 bits per heavy atom. The number of benzene rings is 3. The van der Waals surface area contributed by atoms with Crippen LogP contribution in [0, 0.1) is 0 Å². The smallest absolute Gasteiger partial charge is 0.255 e. The van der Waals surface area contributed by atoms with Crippen LogP contribution in [0.5, 0.6) is 5.75 Å². The zero-order chi connectivity index (χ0) is 22.4. The fourth-order valence-electron chi connectivity index (χ4n) is 4.87. The van der Waals surface area contributed by atoms with Crippen molar-refractivity contribution in [2.24, 2.45) is 0 Å². The van der Waals surface area contributed by atoms with Crippen molar-refractivity contribution in [3.8, 4) is 17.0 Å². The molecule has 1 aliphatic rings. The van der Waals surface area contributed by atoms with Gasteiger partial charge >= 0.3 is 0 Å². The highest BCUT2D eigenvalue weighted by atomic mass is 16.5. The van der Waals surface area contributed by atoms with E-state index in [-0.39, 0.29) is 11.9 Å². The number of aromatic nitrogens is 1. The Kier molecular flexibility index (Phi) is 4.54. The molecule has 0 aliphatic carbocycles. The fourth-order valence-corrected chi connectivity index (χ4v) is 4.87. The number of amides is 1. The number of furan rings is 1. The Balaban J connectivity index is 1.61. The summed E-state index contributed by atoms with van der Waals surface area (Å²) in [6.45, 7) is 0.391. The van der Waals surface area contributed by atoms with Crippen LogP contribution in [0.1, 0.15) is 33.3 Å². The van der Waals surface area contributed by atoms with Crippen molar-refractivity contribution in [3.05, 3.63) is 114 Å². The van der Waals surface area contributed by atoms with Crippen LogP contribution >= 0.6 is 0 Å². The van der Waals surface area contributed by atoms with Crippen molar-refractivity contribution in [1.29, 1.82) is 0 Å². The van der Waals surface area contributed by atoms with Crippen molar-refractivity contribution in [3.63, 3.8) is 0 Å². The van der Waals surface area contributed by atoms with E-state index in [2.05, 4.69) is 29.2 Å². The van der Waals surface area contributed by atoms with E-state index in [9.17, 15) is 4.79 Å². The summed E-state index contributed by atoms with van der Waals surface area (Å²) in [5.41, 5.74) is 5.83. The Hall–Kier alpha value is -4.25. The van der Waals surface area contributed by atoms with Gasteiger partial charge < -0.3 is 19.0 Å². The lowest BCUT2D eigenvalue weighted by molar-refractivity contribution is 0.0724. The standard InChI is InChI=1S/C28H22N2O3/c1-32-19-9-6-8-18(16-19)26-25(23-13-4-5-14-24(23)29-26)27-21-11-2-3-12-22(21)28(31)30(27)17-20-10-7-15-33-20/h2-16,27,29H,17H2,1H3/t27-/m0/s1. The van der Waals surface area contributed by atoms with Crippen molar-refractivity contribution in [2.75, 3.05) is 7.11 Å². The van der Waals surface area contributed by atoms with Crippen molar-refractivity contribution in [1.82, 2.24) is 9.88 Å². The van der Waals surface area contributed by atoms with Crippen molar-refractivity contribution in [2.45, 2.75) is 12.6 Å². The van der Waals surface area contributed by atoms with Crippen LogP contribution in [0.4, 0.5) is 0 Å². The second kappa shape index (κ2) is 7.71. The third-order valence-corrected chi connectivity index (χ3v) is 6.34. The van der Waals surface area contributed by atoms with Gasteiger partial charge in [0.1, 0.15) is 11.5 Å². The van der Waals surface area contributed by atoms with Crippen molar-refractivity contribution >= 4 is 16.8 Å². The van der Waals surface area contributed by atoms with Crippen LogP contribution in [0.25, 0.3) is 22.2 Å². The molecular weight excluding hydrogens is 412 g/mol. The average Bonchev–Trinajstić information content (AvgIpc) is 3.57. The fraction of sp³-hybridized carbons (Fsp3) is 0.107. The van der Waals surface area contributed by atoms with E-state index >= 15 is 0 Å². The highest BCUT2D eigenvalue weighted by Crippen LogP contribution is 2.46. The molecule has 1 N–H and O–H groups in total. The number of carbonyl (C=O) groups excluding carboxylic acids is 1. The molecule has 0 unspecified atom stereocenters. The van der Waals surface area contributed by atoms with Gasteiger partial charge in [0.2, 0.25) is 0 Å². The van der Waals surface area contributed by atoms with E-state index in [0.29, 0.717) is 6.54 Å². The summed E-state index contributed by atoms with van der Waals surface area (Å²) in [5.74, 6) is 1.55. The van der Waals surface area contributed by atoms with Crippen LogP contribution in [0.2, 0.25) is 0 Å². The van der Waals surface area contributed by atoms with Gasteiger partial charge in [0.15, 0.2) is 0 Å². The molecular formula is C28H22N2O3. The number of nitrogens with zero attached hydrogens (tertiary/aromatic N) is 1. The first-order valence-corrected chi connectivity index (χ1v) is 10.9. The van der Waals surface area contributed by atoms with Gasteiger partial charge in [-0.3, -0.25) is 4.79 Å². The van der Waals surface area contributed by atoms with Gasteiger partial charge in [-0.2, -0.15) is 0 Å². The molecule has 0 radical (unpaired) electrons. The third-order valence-electron chi connectivity index (χ3n) is 6.34. The molecule has 3 aromatic carbocycles. The Morgan fingerprint density at radius 1 is 0.970 bits per heavy atom. The lowest BCUT2D eigenvalue weighted by Gasteiger charge is -2.26. The number of ether oxygens (including phenoxy) is 1. The molecule has 5 aromatic rings. The highest BCUT2D eigenvalue weighted by molar-refractivity contribution is 6.02. The molecule has 0 spiro atoms. The molecule has 2 aromatic heterocycles. The molecule has 0 bridgehead atoms. The number of fused-ring (bicyclic) bond motifs is 2. The number of nitrogens with one attached hydrogen (secondary N) is 1. The number of carbonyl (C=O) groups is 1. The largest absolute Gasteiger partial charge is 0.497 e. The Bertz CT molecular complexity index is 1470. The molecule has 0 fully saturated rings. The number of methoxy groups -OCH3 is 1. The SMILES string of the molecule is COc1cccc(-c2[nH]c3ccccc3c2[C@@H]2c3ccccc3C(=O)N2Cc2ccco2)c1. The topological polar surface area (TPSA) is 58.5 Å². The second-order valence-corrected chi connectivity index (χ2v) is 8.19. The van der Waals surface area contributed by atoms with Crippen LogP contribution in [0.15, 0.2) is 95.6 Å². The first-order valence-electron chi connectivity index (χ1n) is 10.9. The first-order chi connectivity index (χ1) is 16.2. The molecule has 33 heavy (non-hydrogen) atoms. The lowest BCUT2D eigenvalue weighted by Crippen LogP contribution is -2.28. The van der Waals surface area contributed by atoms with Crippen LogP contribution < -0.4 is 4.74 Å². The zero-order valence-corrected chi connectivity index (χ0v) is 18.1. The minimum absolute atomic E-state index is 0.00822. The normalized spacial score (nSPS) is 15.2. The van der Waals surface area contributed by atoms with Gasteiger partial charge in [-0.1, -0.05) is 48.5 Å². The number of H-pyrrole nitrogens is 1. The molecule has 0 saturated heterocycles. The van der Waals surface area contributed by atoms with E-state index in [0.717, 1.165) is 50.4 Å². The minimum atomic E-state index is -0.254. The summed E-state index contributed by atoms with van der Waals surface area (Å²) in [7, 11) is 1.67. The maximum absolute atomic E-state index is 13.6. The summed E-state index contributed by atoms with van der Waals surface area (Å²) < 4.78 is 11.1. The molecule has 6 rings (SSSR count). The van der Waals surface area contributed by atoms with Crippen LogP contribution in [0.3, 0.4) is 0 Å². The van der Waals surface area contributed by atoms with Crippen LogP contribution in [-0.4, -0.2) is 22.9 Å². The van der Waals surface area contributed by atoms with Gasteiger partial charge in [0.05, 0.1) is 31.7 Å². The number of aromatic amines is 1.